The summed E-state index contributed by atoms with van der Waals surface area (Å²) >= 11 is 5.15. The molecule has 0 saturated heterocycles. The first-order valence-corrected chi connectivity index (χ1v) is 9.81. The van der Waals surface area contributed by atoms with Crippen LogP contribution in [-0.4, -0.2) is 29.1 Å². The third-order valence-corrected chi connectivity index (χ3v) is 4.67. The van der Waals surface area contributed by atoms with Gasteiger partial charge in [0.15, 0.2) is 10.7 Å². The summed E-state index contributed by atoms with van der Waals surface area (Å²) in [7, 11) is 0. The molecule has 0 aliphatic carbocycles. The number of rotatable bonds is 6. The zero-order chi connectivity index (χ0) is 20.1. The molecule has 1 heterocycles. The number of carbonyl (C=O) groups is 1. The number of amides is 1. The summed E-state index contributed by atoms with van der Waals surface area (Å²) in [5.74, 6) is 0.440. The van der Waals surface area contributed by atoms with E-state index in [-0.39, 0.29) is 11.0 Å². The molecule has 3 aromatic rings. The molecule has 2 N–H and O–H groups in total. The highest BCUT2D eigenvalue weighted by molar-refractivity contribution is 7.80. The van der Waals surface area contributed by atoms with Crippen molar-refractivity contribution in [1.29, 1.82) is 0 Å². The number of fused-ring (bicyclic) bond motifs is 1. The van der Waals surface area contributed by atoms with Crippen LogP contribution in [0.4, 0.5) is 11.4 Å². The topological polar surface area (TPSA) is 70.4 Å². The van der Waals surface area contributed by atoms with Gasteiger partial charge in [0.25, 0.3) is 0 Å². The molecule has 0 fully saturated rings. The number of aromatic nitrogens is 1. The predicted octanol–water partition coefficient (Wildman–Crippen LogP) is 4.56. The van der Waals surface area contributed by atoms with Crippen LogP contribution in [0.3, 0.4) is 0 Å². The second kappa shape index (κ2) is 8.84. The minimum Gasteiger partial charge on any atom is -0.436 e. The molecule has 1 aromatic heterocycles. The maximum atomic E-state index is 11.4. The van der Waals surface area contributed by atoms with Crippen molar-refractivity contribution in [1.82, 2.24) is 10.3 Å². The monoisotopic (exact) mass is 396 g/mol. The van der Waals surface area contributed by atoms with E-state index in [0.29, 0.717) is 17.9 Å². The highest BCUT2D eigenvalue weighted by Crippen LogP contribution is 2.27. The summed E-state index contributed by atoms with van der Waals surface area (Å²) in [5, 5.41) is 5.87. The minimum atomic E-state index is -0.129. The Morgan fingerprint density at radius 1 is 1.11 bits per heavy atom. The molecule has 2 aromatic carbocycles. The summed E-state index contributed by atoms with van der Waals surface area (Å²) in [6, 6.07) is 13.7. The third kappa shape index (κ3) is 4.48. The van der Waals surface area contributed by atoms with Crippen LogP contribution < -0.4 is 15.5 Å². The largest absolute Gasteiger partial charge is 0.436 e. The normalized spacial score (nSPS) is 10.7. The summed E-state index contributed by atoms with van der Waals surface area (Å²) in [6.45, 7) is 7.99. The van der Waals surface area contributed by atoms with Gasteiger partial charge in [-0.25, -0.2) is 4.98 Å². The average Bonchev–Trinajstić information content (AvgIpc) is 3.12. The molecule has 6 nitrogen and oxygen atoms in total. The van der Waals surface area contributed by atoms with Crippen molar-refractivity contribution in [3.05, 3.63) is 42.5 Å². The zero-order valence-corrected chi connectivity index (χ0v) is 17.1. The first-order valence-electron chi connectivity index (χ1n) is 9.40. The number of hydrogen-bond acceptors (Lipinski definition) is 5. The third-order valence-electron chi connectivity index (χ3n) is 4.46. The quantitative estimate of drug-likeness (QED) is 0.595. The van der Waals surface area contributed by atoms with Crippen LogP contribution in [0.5, 0.6) is 0 Å². The number of anilines is 2. The SMILES string of the molecule is CCC(=O)NC(=S)Nc1ccc2oc(-c3ccc(N(CC)CC)cc3)nc2c1. The molecule has 0 aliphatic rings. The smallest absolute Gasteiger partial charge is 0.227 e. The Morgan fingerprint density at radius 2 is 1.82 bits per heavy atom. The van der Waals surface area contributed by atoms with E-state index in [0.717, 1.165) is 29.9 Å². The molecule has 0 spiro atoms. The molecule has 1 amide bonds. The van der Waals surface area contributed by atoms with Gasteiger partial charge in [-0.15, -0.1) is 0 Å². The number of carbonyl (C=O) groups excluding carboxylic acids is 1. The van der Waals surface area contributed by atoms with Gasteiger partial charge in [0.05, 0.1) is 0 Å². The first-order chi connectivity index (χ1) is 13.5. The van der Waals surface area contributed by atoms with Gasteiger partial charge in [0, 0.05) is 36.4 Å². The Balaban J connectivity index is 1.79. The number of nitrogens with one attached hydrogen (secondary N) is 2. The van der Waals surface area contributed by atoms with Gasteiger partial charge in [-0.05, 0) is 68.5 Å². The summed E-state index contributed by atoms with van der Waals surface area (Å²) < 4.78 is 5.89. The van der Waals surface area contributed by atoms with Crippen LogP contribution in [0.15, 0.2) is 46.9 Å². The maximum absolute atomic E-state index is 11.4. The number of thiocarbonyl (C=S) groups is 1. The summed E-state index contributed by atoms with van der Waals surface area (Å²) in [5.41, 5.74) is 4.26. The van der Waals surface area contributed by atoms with E-state index in [9.17, 15) is 4.79 Å². The van der Waals surface area contributed by atoms with Crippen molar-refractivity contribution >= 4 is 45.7 Å². The van der Waals surface area contributed by atoms with Crippen molar-refractivity contribution in [3.63, 3.8) is 0 Å². The van der Waals surface area contributed by atoms with Crippen molar-refractivity contribution < 1.29 is 9.21 Å². The van der Waals surface area contributed by atoms with E-state index >= 15 is 0 Å². The van der Waals surface area contributed by atoms with Gasteiger partial charge in [-0.2, -0.15) is 0 Å². The lowest BCUT2D eigenvalue weighted by Gasteiger charge is -2.20. The van der Waals surface area contributed by atoms with Crippen molar-refractivity contribution in [3.8, 4) is 11.5 Å². The number of nitrogens with zero attached hydrogens (tertiary/aromatic N) is 2. The van der Waals surface area contributed by atoms with Gasteiger partial charge in [-0.1, -0.05) is 6.92 Å². The lowest BCUT2D eigenvalue weighted by atomic mass is 10.2. The molecule has 0 aliphatic heterocycles. The van der Waals surface area contributed by atoms with Crippen molar-refractivity contribution in [2.75, 3.05) is 23.3 Å². The zero-order valence-electron chi connectivity index (χ0n) is 16.3. The second-order valence-electron chi connectivity index (χ2n) is 6.28. The molecule has 0 bridgehead atoms. The Hall–Kier alpha value is -2.93. The number of hydrogen-bond donors (Lipinski definition) is 2. The van der Waals surface area contributed by atoms with Crippen molar-refractivity contribution in [2.45, 2.75) is 27.2 Å². The lowest BCUT2D eigenvalue weighted by molar-refractivity contribution is -0.119. The van der Waals surface area contributed by atoms with E-state index in [2.05, 4.69) is 46.5 Å². The minimum absolute atomic E-state index is 0.129. The van der Waals surface area contributed by atoms with E-state index in [1.165, 1.54) is 5.69 Å². The second-order valence-corrected chi connectivity index (χ2v) is 6.68. The van der Waals surface area contributed by atoms with Gasteiger partial charge < -0.3 is 20.0 Å². The van der Waals surface area contributed by atoms with Crippen LogP contribution >= 0.6 is 12.2 Å². The van der Waals surface area contributed by atoms with Crippen LogP contribution in [0.25, 0.3) is 22.6 Å². The van der Waals surface area contributed by atoms with E-state index < -0.39 is 0 Å². The summed E-state index contributed by atoms with van der Waals surface area (Å²) in [4.78, 5) is 18.3. The predicted molar refractivity (Wildman–Crippen MR) is 118 cm³/mol. The molecule has 7 heteroatoms. The molecule has 0 radical (unpaired) electrons. The Bertz CT molecular complexity index is 978. The molecular formula is C21H24N4O2S. The van der Waals surface area contributed by atoms with Crippen LogP contribution in [0.1, 0.15) is 27.2 Å². The van der Waals surface area contributed by atoms with Crippen LogP contribution in [-0.2, 0) is 4.79 Å². The highest BCUT2D eigenvalue weighted by Gasteiger charge is 2.11. The molecule has 146 valence electrons. The van der Waals surface area contributed by atoms with Crippen LogP contribution in [0, 0.1) is 0 Å². The van der Waals surface area contributed by atoms with Gasteiger partial charge in [0.1, 0.15) is 5.52 Å². The molecule has 3 rings (SSSR count). The molecule has 0 unspecified atom stereocenters. The molecule has 0 saturated carbocycles. The van der Waals surface area contributed by atoms with Crippen LogP contribution in [0.2, 0.25) is 0 Å². The molecule has 0 atom stereocenters. The van der Waals surface area contributed by atoms with Gasteiger partial charge in [0.2, 0.25) is 11.8 Å². The van der Waals surface area contributed by atoms with E-state index in [1.54, 1.807) is 6.92 Å². The van der Waals surface area contributed by atoms with E-state index in [1.807, 2.05) is 30.3 Å². The van der Waals surface area contributed by atoms with Gasteiger partial charge in [-0.3, -0.25) is 4.79 Å². The fourth-order valence-corrected chi connectivity index (χ4v) is 3.14. The molecular weight excluding hydrogens is 372 g/mol. The van der Waals surface area contributed by atoms with Gasteiger partial charge >= 0.3 is 0 Å². The summed E-state index contributed by atoms with van der Waals surface area (Å²) in [6.07, 6.45) is 0.376. The standard InChI is InChI=1S/C21H24N4O2S/c1-4-19(26)24-21(28)22-15-9-12-18-17(13-15)23-20(27-18)14-7-10-16(11-8-14)25(5-2)6-3/h7-13H,4-6H2,1-3H3,(H2,22,24,26,28). The Labute approximate surface area is 169 Å². The Kier molecular flexibility index (Phi) is 6.26. The fourth-order valence-electron chi connectivity index (χ4n) is 2.91. The molecule has 28 heavy (non-hydrogen) atoms. The Morgan fingerprint density at radius 3 is 2.46 bits per heavy atom. The van der Waals surface area contributed by atoms with E-state index in [4.69, 9.17) is 16.6 Å². The van der Waals surface area contributed by atoms with Crippen molar-refractivity contribution in [2.24, 2.45) is 0 Å². The average molecular weight is 397 g/mol. The number of benzene rings is 2. The first kappa shape index (κ1) is 19.8. The number of oxazole rings is 1. The lowest BCUT2D eigenvalue weighted by Crippen LogP contribution is -2.33. The highest BCUT2D eigenvalue weighted by atomic mass is 32.1. The fraction of sp³-hybridized carbons (Fsp3) is 0.286. The maximum Gasteiger partial charge on any atom is 0.227 e.